The fraction of sp³-hybridized carbons (Fsp3) is 0.0959. The molecule has 0 N–H and O–H groups in total. The zero-order valence-electron chi connectivity index (χ0n) is 84.5. The van der Waals surface area contributed by atoms with Crippen molar-refractivity contribution in [2.45, 2.75) is 90.4 Å². The highest BCUT2D eigenvalue weighted by Gasteiger charge is 2.45. The molecule has 24 aromatic rings. The summed E-state index contributed by atoms with van der Waals surface area (Å²) in [7, 11) is 0. The molecule has 150 heavy (non-hydrogen) atoms. The predicted octanol–water partition coefficient (Wildman–Crippen LogP) is 33.5. The third-order valence-corrected chi connectivity index (χ3v) is 34.1. The monoisotopic (exact) mass is 1910 g/mol. The van der Waals surface area contributed by atoms with Crippen molar-refractivity contribution in [1.82, 2.24) is 0 Å². The number of nitrogens with zero attached hydrogens (tertiary/aromatic N) is 4. The van der Waals surface area contributed by atoms with Crippen LogP contribution in [0, 0.1) is 0 Å². The molecule has 0 spiro atoms. The van der Waals surface area contributed by atoms with E-state index in [0.29, 0.717) is 5.92 Å². The molecule has 9 aliphatic rings. The van der Waals surface area contributed by atoms with Crippen molar-refractivity contribution in [3.05, 3.63) is 574 Å². The summed E-state index contributed by atoms with van der Waals surface area (Å²) in [6.45, 7) is 9.27. The molecular weight excluding hydrogens is 1810 g/mol. The van der Waals surface area contributed by atoms with Crippen LogP contribution in [0.15, 0.2) is 467 Å². The summed E-state index contributed by atoms with van der Waals surface area (Å²) in [5, 5.41) is 10.6. The topological polar surface area (TPSA) is 15.5 Å². The number of pyridine rings is 4. The van der Waals surface area contributed by atoms with E-state index in [1.165, 1.54) is 306 Å². The van der Waals surface area contributed by atoms with E-state index in [0.717, 1.165) is 51.4 Å². The van der Waals surface area contributed by atoms with E-state index < -0.39 is 0 Å². The lowest BCUT2D eigenvalue weighted by atomic mass is 9.80. The van der Waals surface area contributed by atoms with Crippen molar-refractivity contribution in [2.24, 2.45) is 0 Å². The van der Waals surface area contributed by atoms with E-state index in [9.17, 15) is 0 Å². The largest absolute Gasteiger partial charge is 0.214 e. The maximum absolute atomic E-state index is 2.54. The Morgan fingerprint density at radius 1 is 0.180 bits per heavy atom. The van der Waals surface area contributed by atoms with Crippen LogP contribution in [0.25, 0.3) is 199 Å². The zero-order valence-corrected chi connectivity index (χ0v) is 84.5. The average molecular weight is 1920 g/mol. The maximum Gasteiger partial charge on any atom is 0.214 e. The predicted molar refractivity (Wildman–Crippen MR) is 616 cm³/mol. The molecule has 4 heteroatoms. The van der Waals surface area contributed by atoms with E-state index in [1.54, 1.807) is 0 Å². The summed E-state index contributed by atoms with van der Waals surface area (Å²) in [6.07, 6.45) is 7.88. The molecule has 706 valence electrons. The number of aromatic nitrogens is 4. The number of rotatable bonds is 8. The first-order valence-electron chi connectivity index (χ1n) is 53.5. The highest BCUT2D eigenvalue weighted by atomic mass is 15.0. The minimum Gasteiger partial charge on any atom is -0.160 e. The van der Waals surface area contributed by atoms with Crippen molar-refractivity contribution in [1.29, 1.82) is 0 Å². The van der Waals surface area contributed by atoms with Crippen LogP contribution < -0.4 is 18.3 Å². The van der Waals surface area contributed by atoms with E-state index in [-0.39, 0.29) is 5.41 Å². The van der Waals surface area contributed by atoms with Gasteiger partial charge < -0.3 is 0 Å². The highest BCUT2D eigenvalue weighted by molar-refractivity contribution is 6.12. The second-order valence-electron chi connectivity index (χ2n) is 43.2. The zero-order chi connectivity index (χ0) is 99.2. The standard InChI is InChI=1S/C41H28N.C38H28N.C35H24N.C32H26N/c1-3-11-27(12-4-1)31-22-32(28-13-5-2-6-14-28)24-33(23-31)40-36-17-9-7-15-29(36)21-34-26-39-37(41(34)40)20-19-35-25-30-16-8-10-18-38(30)42(35)39;1-38(2)32-13-7-6-12-29(32)30-17-15-25(21-33(30)38)36-28-11-5-3-9-23(28)19-26-22-35-31(37(26)36)18-16-27-20-24-10-4-8-14-34(24)39(27)35;1-2-9-23(10-3-1)24-13-8-14-27(19-24)34-30-15-6-4-11-25(30)20-28-22-33-31(35(28)34)18-17-29-21-26-12-5-7-16-32(26)36(29)33;1-20(2)21-11-13-22(14-12-21)31-27-9-5-3-7-23(27)17-25-19-30-28(32(25)31)16-15-26-18-24-8-4-6-10-29(24)33(26)30/h1-24H,25-26H2;3-19,21H,20,22H2,1-2H3;1-20H,21-22H2;3-17,20H,18-19H2,1-2H3/q4*+1. The molecule has 0 radical (unpaired) electrons. The maximum atomic E-state index is 2.54. The van der Waals surface area contributed by atoms with E-state index in [4.69, 9.17) is 0 Å². The molecule has 0 saturated carbocycles. The number of benzene rings is 20. The van der Waals surface area contributed by atoms with Gasteiger partial charge >= 0.3 is 0 Å². The van der Waals surface area contributed by atoms with Crippen LogP contribution in [0.5, 0.6) is 0 Å². The van der Waals surface area contributed by atoms with Gasteiger partial charge in [-0.2, -0.15) is 18.3 Å². The van der Waals surface area contributed by atoms with Crippen LogP contribution in [0.3, 0.4) is 0 Å². The van der Waals surface area contributed by atoms with Gasteiger partial charge in [-0.25, -0.2) is 0 Å². The van der Waals surface area contributed by atoms with Crippen LogP contribution >= 0.6 is 0 Å². The van der Waals surface area contributed by atoms with Gasteiger partial charge in [-0.15, -0.1) is 0 Å². The van der Waals surface area contributed by atoms with Crippen molar-refractivity contribution < 1.29 is 18.3 Å². The lowest BCUT2D eigenvalue weighted by Gasteiger charge is -2.22. The SMILES string of the molecule is CC(C)c1ccc(-c2c3c(cc4ccccc24)Cc2c-3ccc3[n+]2-c2ccccc2C3)cc1.CC1(C)c2ccccc2-c2ccc(-c3c4c(cc5ccccc35)Cc3c-4ccc4[n+]3-c3ccccc3C4)cc21.c1ccc(-c2cc(-c3ccccc3)cc(-c3c4c(cc5ccccc35)Cc3c-4ccc4[n+]3-c3ccccc3C4)c2)cc1.c1ccc(-c2cccc(-c3c4c(cc5ccccc35)Cc3c-4ccc4[n+]3-c3ccccc3C4)c2)cc1. The van der Waals surface area contributed by atoms with Crippen molar-refractivity contribution >= 4 is 43.1 Å². The lowest BCUT2D eigenvalue weighted by Crippen LogP contribution is -2.36. The summed E-state index contributed by atoms with van der Waals surface area (Å²) in [5.41, 5.74) is 64.2. The summed E-state index contributed by atoms with van der Waals surface area (Å²) in [6, 6.07) is 174. The minimum absolute atomic E-state index is 0.0199. The lowest BCUT2D eigenvalue weighted by molar-refractivity contribution is -0.605. The molecule has 20 aromatic carbocycles. The van der Waals surface area contributed by atoms with E-state index >= 15 is 0 Å². The summed E-state index contributed by atoms with van der Waals surface area (Å²) in [4.78, 5) is 0. The molecule has 4 aromatic heterocycles. The Kier molecular flexibility index (Phi) is 20.2. The third kappa shape index (κ3) is 13.9. The molecule has 0 fully saturated rings. The van der Waals surface area contributed by atoms with Crippen molar-refractivity contribution in [3.63, 3.8) is 0 Å². The van der Waals surface area contributed by atoms with Gasteiger partial charge in [0, 0.05) is 98.5 Å². The van der Waals surface area contributed by atoms with Gasteiger partial charge in [0.05, 0.1) is 73.6 Å². The highest BCUT2D eigenvalue weighted by Crippen LogP contribution is 2.57. The number of para-hydroxylation sites is 4. The quantitative estimate of drug-likeness (QED) is 0.135. The van der Waals surface area contributed by atoms with Crippen LogP contribution in [0.2, 0.25) is 0 Å². The molecule has 0 bridgehead atoms. The van der Waals surface area contributed by atoms with Gasteiger partial charge in [-0.3, -0.25) is 0 Å². The van der Waals surface area contributed by atoms with Crippen molar-refractivity contribution in [3.8, 4) is 156 Å². The Hall–Kier alpha value is -18.0. The minimum atomic E-state index is -0.0199. The second kappa shape index (κ2) is 34.6. The molecule has 0 saturated heterocycles. The Labute approximate surface area is 875 Å². The Morgan fingerprint density at radius 2 is 0.460 bits per heavy atom. The number of hydrogen-bond acceptors (Lipinski definition) is 0. The molecule has 33 rings (SSSR count). The first-order valence-corrected chi connectivity index (χ1v) is 53.5. The molecule has 0 unspecified atom stereocenters. The van der Waals surface area contributed by atoms with Gasteiger partial charge in [0.15, 0.2) is 45.6 Å². The summed E-state index contributed by atoms with van der Waals surface area (Å²) in [5.74, 6) is 0.539. The van der Waals surface area contributed by atoms with Gasteiger partial charge in [-0.1, -0.05) is 367 Å². The van der Waals surface area contributed by atoms with E-state index in [2.05, 4.69) is 513 Å². The average Bonchev–Trinajstić information content (AvgIpc) is 1.56. The molecule has 0 atom stereocenters. The normalized spacial score (nSPS) is 13.4. The fourth-order valence-corrected chi connectivity index (χ4v) is 27.3. The molecule has 4 aliphatic heterocycles. The van der Waals surface area contributed by atoms with Crippen LogP contribution in [0.1, 0.15) is 140 Å². The smallest absolute Gasteiger partial charge is 0.160 e. The Morgan fingerprint density at radius 3 is 0.847 bits per heavy atom. The Balaban J connectivity index is 0.0000000922. The molecule has 4 nitrogen and oxygen atoms in total. The van der Waals surface area contributed by atoms with Gasteiger partial charge in [-0.05, 0) is 256 Å². The van der Waals surface area contributed by atoms with Crippen LogP contribution in [-0.2, 0) is 56.8 Å². The van der Waals surface area contributed by atoms with Crippen molar-refractivity contribution in [2.75, 3.05) is 0 Å². The summed E-state index contributed by atoms with van der Waals surface area (Å²) >= 11 is 0. The van der Waals surface area contributed by atoms with Gasteiger partial charge in [0.1, 0.15) is 0 Å². The first-order chi connectivity index (χ1) is 73.9. The number of hydrogen-bond donors (Lipinski definition) is 0. The second-order valence-corrected chi connectivity index (χ2v) is 43.2. The molecule has 5 aliphatic carbocycles. The van der Waals surface area contributed by atoms with Crippen LogP contribution in [-0.4, -0.2) is 0 Å². The fourth-order valence-electron chi connectivity index (χ4n) is 27.3. The molecular formula is C146H106N4+4. The molecule has 8 heterocycles. The molecule has 0 amide bonds. The van der Waals surface area contributed by atoms with Gasteiger partial charge in [0.2, 0.25) is 22.7 Å². The van der Waals surface area contributed by atoms with Crippen LogP contribution in [0.4, 0.5) is 0 Å². The first kappa shape index (κ1) is 87.4. The Bertz CT molecular complexity index is 9810. The third-order valence-electron chi connectivity index (χ3n) is 34.1. The number of fused-ring (bicyclic) bond motifs is 35. The van der Waals surface area contributed by atoms with Gasteiger partial charge in [0.25, 0.3) is 0 Å². The summed E-state index contributed by atoms with van der Waals surface area (Å²) < 4.78 is 10.1. The van der Waals surface area contributed by atoms with E-state index in [1.807, 2.05) is 0 Å².